The number of fused-ring (bicyclic) bond motifs is 1. The molecule has 0 aromatic heterocycles. The SMILES string of the molecule is COC(CN)CC(=O)N1CC2CCCCN2CC1C. The summed E-state index contributed by atoms with van der Waals surface area (Å²) in [7, 11) is 1.62. The van der Waals surface area contributed by atoms with Crippen LogP contribution in [-0.4, -0.2) is 67.2 Å². The molecular formula is C14H27N3O2. The highest BCUT2D eigenvalue weighted by Crippen LogP contribution is 2.24. The van der Waals surface area contributed by atoms with Crippen LogP contribution in [0.5, 0.6) is 0 Å². The summed E-state index contributed by atoms with van der Waals surface area (Å²) < 4.78 is 5.22. The molecule has 0 aromatic carbocycles. The van der Waals surface area contributed by atoms with Crippen molar-refractivity contribution in [2.75, 3.05) is 33.3 Å². The van der Waals surface area contributed by atoms with Gasteiger partial charge in [0.2, 0.25) is 5.91 Å². The first kappa shape index (κ1) is 14.8. The fraction of sp³-hybridized carbons (Fsp3) is 0.929. The Balaban J connectivity index is 1.93. The van der Waals surface area contributed by atoms with E-state index in [9.17, 15) is 4.79 Å². The Kier molecular flexibility index (Phi) is 5.19. The third-order valence-corrected chi connectivity index (χ3v) is 4.51. The largest absolute Gasteiger partial charge is 0.380 e. The summed E-state index contributed by atoms with van der Waals surface area (Å²) in [6.07, 6.45) is 4.08. The second kappa shape index (κ2) is 6.68. The molecule has 110 valence electrons. The van der Waals surface area contributed by atoms with Gasteiger partial charge in [0.25, 0.3) is 0 Å². The van der Waals surface area contributed by atoms with E-state index in [0.717, 1.165) is 13.1 Å². The fourth-order valence-corrected chi connectivity index (χ4v) is 3.27. The molecule has 2 saturated heterocycles. The lowest BCUT2D eigenvalue weighted by Gasteiger charge is -2.47. The summed E-state index contributed by atoms with van der Waals surface area (Å²) in [5, 5.41) is 0. The van der Waals surface area contributed by atoms with Crippen molar-refractivity contribution in [2.45, 2.75) is 50.8 Å². The first-order valence-electron chi connectivity index (χ1n) is 7.42. The average Bonchev–Trinajstić information content (AvgIpc) is 2.43. The number of methoxy groups -OCH3 is 1. The number of carbonyl (C=O) groups excluding carboxylic acids is 1. The second-order valence-electron chi connectivity index (χ2n) is 5.84. The van der Waals surface area contributed by atoms with Crippen LogP contribution in [-0.2, 0) is 9.53 Å². The molecule has 0 saturated carbocycles. The molecule has 3 unspecified atom stereocenters. The zero-order chi connectivity index (χ0) is 13.8. The zero-order valence-electron chi connectivity index (χ0n) is 12.2. The molecule has 2 rings (SSSR count). The van der Waals surface area contributed by atoms with E-state index in [0.29, 0.717) is 25.0 Å². The fourth-order valence-electron chi connectivity index (χ4n) is 3.27. The lowest BCUT2D eigenvalue weighted by molar-refractivity contribution is -0.140. The number of ether oxygens (including phenoxy) is 1. The van der Waals surface area contributed by atoms with E-state index in [4.69, 9.17) is 10.5 Å². The highest BCUT2D eigenvalue weighted by molar-refractivity contribution is 5.77. The normalized spacial score (nSPS) is 29.9. The minimum Gasteiger partial charge on any atom is -0.380 e. The van der Waals surface area contributed by atoms with Crippen LogP contribution in [0.3, 0.4) is 0 Å². The second-order valence-corrected chi connectivity index (χ2v) is 5.84. The van der Waals surface area contributed by atoms with Gasteiger partial charge in [0.05, 0.1) is 12.5 Å². The van der Waals surface area contributed by atoms with Crippen molar-refractivity contribution >= 4 is 5.91 Å². The highest BCUT2D eigenvalue weighted by atomic mass is 16.5. The van der Waals surface area contributed by atoms with Gasteiger partial charge < -0.3 is 15.4 Å². The topological polar surface area (TPSA) is 58.8 Å². The van der Waals surface area contributed by atoms with Gasteiger partial charge in [-0.2, -0.15) is 0 Å². The number of amides is 1. The van der Waals surface area contributed by atoms with E-state index in [1.54, 1.807) is 7.11 Å². The Morgan fingerprint density at radius 2 is 2.21 bits per heavy atom. The van der Waals surface area contributed by atoms with Crippen LogP contribution in [0.25, 0.3) is 0 Å². The van der Waals surface area contributed by atoms with Crippen molar-refractivity contribution < 1.29 is 9.53 Å². The first-order chi connectivity index (χ1) is 9.15. The Hall–Kier alpha value is -0.650. The Bertz CT molecular complexity index is 307. The van der Waals surface area contributed by atoms with Crippen LogP contribution < -0.4 is 5.73 Å². The lowest BCUT2D eigenvalue weighted by Crippen LogP contribution is -2.60. The van der Waals surface area contributed by atoms with Gasteiger partial charge in [-0.1, -0.05) is 6.42 Å². The number of piperidine rings is 1. The summed E-state index contributed by atoms with van der Waals surface area (Å²) in [6.45, 7) is 5.63. The maximum Gasteiger partial charge on any atom is 0.225 e. The van der Waals surface area contributed by atoms with Gasteiger partial charge >= 0.3 is 0 Å². The number of carbonyl (C=O) groups is 1. The molecule has 3 atom stereocenters. The standard InChI is InChI=1S/C14H27N3O2/c1-11-9-16-6-4-3-5-12(16)10-17(11)14(18)7-13(8-15)19-2/h11-13H,3-10,15H2,1-2H3. The lowest BCUT2D eigenvalue weighted by atomic mass is 9.96. The summed E-state index contributed by atoms with van der Waals surface area (Å²) in [4.78, 5) is 17.0. The van der Waals surface area contributed by atoms with Crippen LogP contribution in [0.2, 0.25) is 0 Å². The van der Waals surface area contributed by atoms with Crippen LogP contribution in [0.15, 0.2) is 0 Å². The molecule has 0 aliphatic carbocycles. The van der Waals surface area contributed by atoms with E-state index >= 15 is 0 Å². The van der Waals surface area contributed by atoms with Crippen molar-refractivity contribution in [1.82, 2.24) is 9.80 Å². The Labute approximate surface area is 116 Å². The maximum absolute atomic E-state index is 12.4. The first-order valence-corrected chi connectivity index (χ1v) is 7.42. The van der Waals surface area contributed by atoms with Crippen molar-refractivity contribution in [2.24, 2.45) is 5.73 Å². The van der Waals surface area contributed by atoms with E-state index in [1.807, 2.05) is 4.90 Å². The monoisotopic (exact) mass is 269 g/mol. The van der Waals surface area contributed by atoms with E-state index in [-0.39, 0.29) is 12.0 Å². The third-order valence-electron chi connectivity index (χ3n) is 4.51. The molecule has 0 spiro atoms. The van der Waals surface area contributed by atoms with Gasteiger partial charge in [-0.05, 0) is 26.3 Å². The molecule has 0 radical (unpaired) electrons. The van der Waals surface area contributed by atoms with E-state index in [1.165, 1.54) is 25.8 Å². The minimum atomic E-state index is -0.149. The van der Waals surface area contributed by atoms with Crippen molar-refractivity contribution in [1.29, 1.82) is 0 Å². The van der Waals surface area contributed by atoms with Gasteiger partial charge in [-0.3, -0.25) is 9.69 Å². The molecule has 5 nitrogen and oxygen atoms in total. The molecule has 5 heteroatoms. The average molecular weight is 269 g/mol. The highest BCUT2D eigenvalue weighted by Gasteiger charge is 2.35. The van der Waals surface area contributed by atoms with Crippen LogP contribution in [0.4, 0.5) is 0 Å². The third kappa shape index (κ3) is 3.46. The van der Waals surface area contributed by atoms with Gasteiger partial charge in [0.15, 0.2) is 0 Å². The molecule has 2 fully saturated rings. The maximum atomic E-state index is 12.4. The summed E-state index contributed by atoms with van der Waals surface area (Å²) >= 11 is 0. The minimum absolute atomic E-state index is 0.149. The molecule has 19 heavy (non-hydrogen) atoms. The summed E-state index contributed by atoms with van der Waals surface area (Å²) in [5.74, 6) is 0.190. The number of hydrogen-bond donors (Lipinski definition) is 1. The van der Waals surface area contributed by atoms with Crippen LogP contribution in [0, 0.1) is 0 Å². The quantitative estimate of drug-likeness (QED) is 0.804. The number of nitrogens with zero attached hydrogens (tertiary/aromatic N) is 2. The van der Waals surface area contributed by atoms with Crippen molar-refractivity contribution in [3.05, 3.63) is 0 Å². The van der Waals surface area contributed by atoms with Crippen LogP contribution in [0.1, 0.15) is 32.6 Å². The molecule has 2 aliphatic rings. The Morgan fingerprint density at radius 1 is 1.42 bits per heavy atom. The van der Waals surface area contributed by atoms with Gasteiger partial charge in [-0.25, -0.2) is 0 Å². The summed E-state index contributed by atoms with van der Waals surface area (Å²) in [6, 6.07) is 0.866. The molecule has 2 N–H and O–H groups in total. The number of piperazine rings is 1. The number of hydrogen-bond acceptors (Lipinski definition) is 4. The predicted molar refractivity (Wildman–Crippen MR) is 74.9 cm³/mol. The number of nitrogens with two attached hydrogens (primary N) is 1. The molecule has 0 bridgehead atoms. The van der Waals surface area contributed by atoms with Crippen molar-refractivity contribution in [3.8, 4) is 0 Å². The summed E-state index contributed by atoms with van der Waals surface area (Å²) in [5.41, 5.74) is 5.60. The van der Waals surface area contributed by atoms with E-state index < -0.39 is 0 Å². The molecule has 2 aliphatic heterocycles. The molecular weight excluding hydrogens is 242 g/mol. The van der Waals surface area contributed by atoms with Gasteiger partial charge in [0, 0.05) is 38.8 Å². The van der Waals surface area contributed by atoms with Gasteiger partial charge in [0.1, 0.15) is 0 Å². The molecule has 2 heterocycles. The molecule has 1 amide bonds. The van der Waals surface area contributed by atoms with Crippen LogP contribution >= 0.6 is 0 Å². The van der Waals surface area contributed by atoms with E-state index in [2.05, 4.69) is 11.8 Å². The molecule has 0 aromatic rings. The predicted octanol–water partition coefficient (Wildman–Crippen LogP) is 0.435. The smallest absolute Gasteiger partial charge is 0.225 e. The van der Waals surface area contributed by atoms with Gasteiger partial charge in [-0.15, -0.1) is 0 Å². The Morgan fingerprint density at radius 3 is 2.89 bits per heavy atom. The zero-order valence-corrected chi connectivity index (χ0v) is 12.2. The van der Waals surface area contributed by atoms with Crippen molar-refractivity contribution in [3.63, 3.8) is 0 Å². The number of rotatable bonds is 4.